The predicted octanol–water partition coefficient (Wildman–Crippen LogP) is 3.46. The molecule has 0 saturated carbocycles. The Kier molecular flexibility index (Phi) is 6.47. The zero-order chi connectivity index (χ0) is 19.4. The van der Waals surface area contributed by atoms with E-state index in [1.54, 1.807) is 18.2 Å². The molecule has 1 heterocycles. The van der Waals surface area contributed by atoms with Crippen LogP contribution < -0.4 is 20.0 Å². The van der Waals surface area contributed by atoms with Gasteiger partial charge in [-0.1, -0.05) is 23.2 Å². The highest BCUT2D eigenvalue weighted by Gasteiger charge is 2.21. The zero-order valence-electron chi connectivity index (χ0n) is 14.1. The van der Waals surface area contributed by atoms with Crippen LogP contribution in [0.4, 0.5) is 0 Å². The third-order valence-corrected chi connectivity index (χ3v) is 4.06. The van der Waals surface area contributed by atoms with E-state index in [1.807, 2.05) is 0 Å². The van der Waals surface area contributed by atoms with Gasteiger partial charge in [-0.15, -0.1) is 5.06 Å². The average molecular weight is 416 g/mol. The molecule has 2 N–H and O–H groups in total. The molecule has 0 saturated heterocycles. The molecule has 1 amide bonds. The molecule has 10 heteroatoms. The first-order valence-corrected chi connectivity index (χ1v) is 8.31. The van der Waals surface area contributed by atoms with Crippen molar-refractivity contribution in [2.45, 2.75) is 6.92 Å². The molecular formula is C16H15Cl2N3O4S. The van der Waals surface area contributed by atoms with Crippen LogP contribution >= 0.6 is 35.4 Å². The molecule has 1 aromatic carbocycles. The third kappa shape index (κ3) is 4.27. The van der Waals surface area contributed by atoms with E-state index in [4.69, 9.17) is 55.5 Å². The summed E-state index contributed by atoms with van der Waals surface area (Å²) >= 11 is 17.5. The standard InChI is InChI=1S/C16H15Cl2N3O4S/c1-8(22)21(16(19)26)25-12-5-4-10(17)14(15(12)18)11-6-9(23-2)7-13(20-11)24-3/h4-7H,1-3H3,(H2,19,26). The molecule has 0 atom stereocenters. The summed E-state index contributed by atoms with van der Waals surface area (Å²) in [5, 5.41) is 0.914. The summed E-state index contributed by atoms with van der Waals surface area (Å²) in [4.78, 5) is 21.4. The van der Waals surface area contributed by atoms with E-state index in [0.29, 0.717) is 27.9 Å². The van der Waals surface area contributed by atoms with Gasteiger partial charge in [0.25, 0.3) is 5.91 Å². The number of carbonyl (C=O) groups is 1. The molecule has 0 aliphatic rings. The molecule has 26 heavy (non-hydrogen) atoms. The fraction of sp³-hybridized carbons (Fsp3) is 0.188. The maximum Gasteiger partial charge on any atom is 0.259 e. The summed E-state index contributed by atoms with van der Waals surface area (Å²) in [5.74, 6) is 0.425. The molecule has 0 fully saturated rings. The van der Waals surface area contributed by atoms with Crippen LogP contribution in [0.3, 0.4) is 0 Å². The number of methoxy groups -OCH3 is 2. The van der Waals surface area contributed by atoms with Crippen molar-refractivity contribution in [1.82, 2.24) is 10.0 Å². The van der Waals surface area contributed by atoms with Gasteiger partial charge >= 0.3 is 0 Å². The Morgan fingerprint density at radius 2 is 1.92 bits per heavy atom. The molecule has 0 spiro atoms. The Morgan fingerprint density at radius 1 is 1.23 bits per heavy atom. The Labute approximate surface area is 165 Å². The van der Waals surface area contributed by atoms with Crippen molar-refractivity contribution in [3.8, 4) is 28.6 Å². The number of hydrogen-bond acceptors (Lipinski definition) is 6. The molecular weight excluding hydrogens is 401 g/mol. The first-order valence-electron chi connectivity index (χ1n) is 7.15. The maximum atomic E-state index is 11.6. The molecule has 0 aliphatic carbocycles. The van der Waals surface area contributed by atoms with Crippen molar-refractivity contribution < 1.29 is 19.1 Å². The van der Waals surface area contributed by atoms with Crippen LogP contribution in [0, 0.1) is 0 Å². The monoisotopic (exact) mass is 415 g/mol. The molecule has 7 nitrogen and oxygen atoms in total. The Balaban J connectivity index is 2.57. The van der Waals surface area contributed by atoms with Gasteiger partial charge in [-0.25, -0.2) is 4.98 Å². The molecule has 138 valence electrons. The number of benzene rings is 1. The quantitative estimate of drug-likeness (QED) is 0.590. The molecule has 0 bridgehead atoms. The highest BCUT2D eigenvalue weighted by Crippen LogP contribution is 2.41. The lowest BCUT2D eigenvalue weighted by molar-refractivity contribution is -0.141. The summed E-state index contributed by atoms with van der Waals surface area (Å²) in [6, 6.07) is 6.27. The highest BCUT2D eigenvalue weighted by molar-refractivity contribution is 7.80. The van der Waals surface area contributed by atoms with E-state index in [2.05, 4.69) is 4.98 Å². The summed E-state index contributed by atoms with van der Waals surface area (Å²) < 4.78 is 10.4. The number of nitrogens with zero attached hydrogens (tertiary/aromatic N) is 2. The molecule has 0 unspecified atom stereocenters. The number of thiocarbonyl (C=S) groups is 1. The Bertz CT molecular complexity index is 827. The van der Waals surface area contributed by atoms with Crippen molar-refractivity contribution in [3.63, 3.8) is 0 Å². The number of pyridine rings is 1. The number of ether oxygens (including phenoxy) is 2. The van der Waals surface area contributed by atoms with Gasteiger partial charge in [0.2, 0.25) is 11.0 Å². The molecule has 0 radical (unpaired) electrons. The number of carbonyl (C=O) groups excluding carboxylic acids is 1. The fourth-order valence-electron chi connectivity index (χ4n) is 2.03. The minimum absolute atomic E-state index is 0.114. The van der Waals surface area contributed by atoms with Crippen molar-refractivity contribution >= 4 is 46.4 Å². The van der Waals surface area contributed by atoms with Crippen molar-refractivity contribution in [2.24, 2.45) is 5.73 Å². The number of rotatable bonds is 5. The zero-order valence-corrected chi connectivity index (χ0v) is 16.4. The summed E-state index contributed by atoms with van der Waals surface area (Å²) in [7, 11) is 2.98. The molecule has 2 aromatic rings. The van der Waals surface area contributed by atoms with Gasteiger partial charge in [0.1, 0.15) is 5.75 Å². The highest BCUT2D eigenvalue weighted by atomic mass is 35.5. The first-order chi connectivity index (χ1) is 12.3. The minimum Gasteiger partial charge on any atom is -0.496 e. The first kappa shape index (κ1) is 20.0. The van der Waals surface area contributed by atoms with Gasteiger partial charge in [-0.2, -0.15) is 0 Å². The third-order valence-electron chi connectivity index (χ3n) is 3.21. The maximum absolute atomic E-state index is 11.6. The fourth-order valence-corrected chi connectivity index (χ4v) is 2.80. The molecule has 0 aliphatic heterocycles. The lowest BCUT2D eigenvalue weighted by atomic mass is 10.1. The van der Waals surface area contributed by atoms with Crippen LogP contribution in [0.25, 0.3) is 11.3 Å². The second-order valence-electron chi connectivity index (χ2n) is 4.91. The van der Waals surface area contributed by atoms with Gasteiger partial charge < -0.3 is 20.0 Å². The van der Waals surface area contributed by atoms with E-state index in [-0.39, 0.29) is 15.9 Å². The van der Waals surface area contributed by atoms with Gasteiger partial charge in [0.05, 0.1) is 30.0 Å². The van der Waals surface area contributed by atoms with E-state index in [1.165, 1.54) is 27.2 Å². The lowest BCUT2D eigenvalue weighted by Gasteiger charge is -2.20. The number of hydrogen-bond donors (Lipinski definition) is 1. The Hall–Kier alpha value is -2.29. The van der Waals surface area contributed by atoms with E-state index >= 15 is 0 Å². The van der Waals surface area contributed by atoms with Crippen molar-refractivity contribution in [3.05, 3.63) is 34.3 Å². The SMILES string of the molecule is COc1cc(OC)nc(-c2c(Cl)ccc(ON(C(C)=O)C(N)=S)c2Cl)c1. The van der Waals surface area contributed by atoms with Crippen LogP contribution in [-0.4, -0.2) is 35.3 Å². The number of halogens is 2. The topological polar surface area (TPSA) is 86.9 Å². The Morgan fingerprint density at radius 3 is 2.46 bits per heavy atom. The number of amides is 1. The van der Waals surface area contributed by atoms with Crippen LogP contribution in [0.1, 0.15) is 6.92 Å². The largest absolute Gasteiger partial charge is 0.496 e. The van der Waals surface area contributed by atoms with E-state index in [9.17, 15) is 4.79 Å². The van der Waals surface area contributed by atoms with Crippen LogP contribution in [-0.2, 0) is 4.79 Å². The number of hydroxylamine groups is 2. The minimum atomic E-state index is -0.508. The van der Waals surface area contributed by atoms with Gasteiger partial charge in [0, 0.05) is 24.6 Å². The van der Waals surface area contributed by atoms with Gasteiger partial charge in [-0.3, -0.25) is 4.79 Å². The number of nitrogens with two attached hydrogens (primary N) is 1. The van der Waals surface area contributed by atoms with Crippen LogP contribution in [0.2, 0.25) is 10.0 Å². The van der Waals surface area contributed by atoms with Gasteiger partial charge in [0.15, 0.2) is 5.75 Å². The van der Waals surface area contributed by atoms with Crippen LogP contribution in [0.5, 0.6) is 17.4 Å². The van der Waals surface area contributed by atoms with Crippen molar-refractivity contribution in [1.29, 1.82) is 0 Å². The second-order valence-corrected chi connectivity index (χ2v) is 6.12. The van der Waals surface area contributed by atoms with Crippen LogP contribution in [0.15, 0.2) is 24.3 Å². The van der Waals surface area contributed by atoms with Gasteiger partial charge in [-0.05, 0) is 24.4 Å². The normalized spacial score (nSPS) is 10.2. The molecule has 2 rings (SSSR count). The predicted molar refractivity (Wildman–Crippen MR) is 103 cm³/mol. The molecule has 1 aromatic heterocycles. The smallest absolute Gasteiger partial charge is 0.259 e. The summed E-state index contributed by atoms with van der Waals surface area (Å²) in [6.07, 6.45) is 0. The summed E-state index contributed by atoms with van der Waals surface area (Å²) in [5.41, 5.74) is 6.25. The average Bonchev–Trinajstić information content (AvgIpc) is 2.60. The number of aromatic nitrogens is 1. The second kappa shape index (κ2) is 8.39. The van der Waals surface area contributed by atoms with Crippen molar-refractivity contribution in [2.75, 3.05) is 14.2 Å². The van der Waals surface area contributed by atoms with E-state index in [0.717, 1.165) is 5.06 Å². The summed E-state index contributed by atoms with van der Waals surface area (Å²) in [6.45, 7) is 1.25. The lowest BCUT2D eigenvalue weighted by Crippen LogP contribution is -2.41. The van der Waals surface area contributed by atoms with E-state index < -0.39 is 5.91 Å².